The van der Waals surface area contributed by atoms with Gasteiger partial charge in [-0.15, -0.1) is 11.3 Å². The molecule has 1 aliphatic carbocycles. The number of para-hydroxylation sites is 1. The summed E-state index contributed by atoms with van der Waals surface area (Å²) in [5.41, 5.74) is 1.62. The molecule has 4 rings (SSSR count). The molecule has 1 aliphatic rings. The fraction of sp³-hybridized carbons (Fsp3) is 0.500. The lowest BCUT2D eigenvalue weighted by Crippen LogP contribution is -2.29. The number of ether oxygens (including phenoxy) is 1. The molecule has 2 heterocycles. The number of anilines is 2. The Morgan fingerprint density at radius 3 is 2.65 bits per heavy atom. The maximum absolute atomic E-state index is 12.8. The van der Waals surface area contributed by atoms with Crippen LogP contribution in [0.5, 0.6) is 5.75 Å². The van der Waals surface area contributed by atoms with Crippen LogP contribution in [-0.4, -0.2) is 63.2 Å². The van der Waals surface area contributed by atoms with Crippen molar-refractivity contribution < 1.29 is 28.1 Å². The molecular weight excluding hydrogens is 471 g/mol. The van der Waals surface area contributed by atoms with E-state index in [9.17, 15) is 23.4 Å². The summed E-state index contributed by atoms with van der Waals surface area (Å²) in [6.07, 6.45) is -4.87. The van der Waals surface area contributed by atoms with E-state index >= 15 is 0 Å². The number of aliphatic hydroxyl groups excluding tert-OH is 2. The number of hydrogen-bond acceptors (Lipinski definition) is 9. The molecule has 0 saturated heterocycles. The predicted octanol–water partition coefficient (Wildman–Crippen LogP) is 3.98. The zero-order chi connectivity index (χ0) is 24.6. The van der Waals surface area contributed by atoms with Gasteiger partial charge in [0.2, 0.25) is 5.95 Å². The van der Waals surface area contributed by atoms with Gasteiger partial charge in [0.15, 0.2) is 0 Å². The van der Waals surface area contributed by atoms with Crippen molar-refractivity contribution >= 4 is 33.3 Å². The second-order valence-corrected chi connectivity index (χ2v) is 9.47. The first-order valence-corrected chi connectivity index (χ1v) is 11.6. The zero-order valence-electron chi connectivity index (χ0n) is 18.8. The van der Waals surface area contributed by atoms with E-state index in [4.69, 9.17) is 9.72 Å². The van der Waals surface area contributed by atoms with Crippen LogP contribution in [0.2, 0.25) is 0 Å². The average molecular weight is 498 g/mol. The molecule has 34 heavy (non-hydrogen) atoms. The van der Waals surface area contributed by atoms with Gasteiger partial charge in [0.05, 0.1) is 41.3 Å². The summed E-state index contributed by atoms with van der Waals surface area (Å²) in [5.74, 6) is 0.584. The van der Waals surface area contributed by atoms with Crippen molar-refractivity contribution in [1.82, 2.24) is 15.0 Å². The Kier molecular flexibility index (Phi) is 6.83. The highest BCUT2D eigenvalue weighted by Gasteiger charge is 2.36. The number of thiazole rings is 1. The lowest BCUT2D eigenvalue weighted by atomic mass is 10.0. The number of aromatic nitrogens is 3. The quantitative estimate of drug-likeness (QED) is 0.388. The summed E-state index contributed by atoms with van der Waals surface area (Å²) >= 11 is 1.38. The van der Waals surface area contributed by atoms with Gasteiger partial charge in [-0.2, -0.15) is 18.2 Å². The lowest BCUT2D eigenvalue weighted by molar-refractivity contribution is -0.115. The first-order chi connectivity index (χ1) is 16.1. The molecular formula is C22H26F3N5O3S. The number of benzene rings is 1. The number of nitrogens with zero attached hydrogens (tertiary/aromatic N) is 3. The normalized spacial score (nSPS) is 21.6. The van der Waals surface area contributed by atoms with E-state index in [0.29, 0.717) is 40.4 Å². The van der Waals surface area contributed by atoms with E-state index in [1.807, 2.05) is 12.1 Å². The first kappa shape index (κ1) is 24.4. The Bertz CT molecular complexity index is 1170. The van der Waals surface area contributed by atoms with Gasteiger partial charge in [0.25, 0.3) is 0 Å². The van der Waals surface area contributed by atoms with Crippen LogP contribution in [-0.2, 0) is 0 Å². The molecule has 4 atom stereocenters. The molecule has 1 aromatic carbocycles. The monoisotopic (exact) mass is 497 g/mol. The molecule has 1 fully saturated rings. The van der Waals surface area contributed by atoms with Crippen LogP contribution in [0, 0.1) is 12.8 Å². The Morgan fingerprint density at radius 2 is 2.00 bits per heavy atom. The summed E-state index contributed by atoms with van der Waals surface area (Å²) in [5, 5.41) is 26.5. The number of nitrogens with one attached hydrogen (secondary N) is 2. The fourth-order valence-electron chi connectivity index (χ4n) is 4.17. The number of halogens is 3. The number of aliphatic hydroxyl groups is 2. The summed E-state index contributed by atoms with van der Waals surface area (Å²) < 4.78 is 44.6. The van der Waals surface area contributed by atoms with Crippen LogP contribution >= 0.6 is 11.3 Å². The van der Waals surface area contributed by atoms with Gasteiger partial charge in [0.1, 0.15) is 28.6 Å². The van der Waals surface area contributed by atoms with Gasteiger partial charge in [0, 0.05) is 0 Å². The molecule has 1 saturated carbocycles. The predicted molar refractivity (Wildman–Crippen MR) is 124 cm³/mol. The standard InChI is InChI=1S/C22H26F3N5O3S/c1-10-17(20-29-18-15(33-3)5-4-6-16(18)34-20)19(30-21(27-10)26-9-22(23,24)25)28-13-7-12(11(2)31)8-14(13)32/h4-6,11-14,31-32H,7-9H2,1-3H3,(H2,26,27,28,30)/t11?,12-,13+,14+/m0/s1. The third kappa shape index (κ3) is 5.18. The lowest BCUT2D eigenvalue weighted by Gasteiger charge is -2.21. The highest BCUT2D eigenvalue weighted by Crippen LogP contribution is 2.40. The molecule has 12 heteroatoms. The van der Waals surface area contributed by atoms with E-state index in [2.05, 4.69) is 20.6 Å². The highest BCUT2D eigenvalue weighted by molar-refractivity contribution is 7.21. The van der Waals surface area contributed by atoms with Crippen LogP contribution in [0.3, 0.4) is 0 Å². The highest BCUT2D eigenvalue weighted by atomic mass is 32.1. The molecule has 2 aromatic heterocycles. The van der Waals surface area contributed by atoms with Gasteiger partial charge in [-0.1, -0.05) is 6.07 Å². The molecule has 0 spiro atoms. The first-order valence-electron chi connectivity index (χ1n) is 10.8. The third-order valence-corrected chi connectivity index (χ3v) is 6.96. The van der Waals surface area contributed by atoms with Crippen LogP contribution < -0.4 is 15.4 Å². The maximum atomic E-state index is 12.8. The fourth-order valence-corrected chi connectivity index (χ4v) is 5.25. The van der Waals surface area contributed by atoms with Crippen molar-refractivity contribution in [2.24, 2.45) is 5.92 Å². The number of alkyl halides is 3. The van der Waals surface area contributed by atoms with Crippen molar-refractivity contribution in [3.63, 3.8) is 0 Å². The smallest absolute Gasteiger partial charge is 0.405 e. The SMILES string of the molecule is COc1cccc2sc(-c3c(C)nc(NCC(F)(F)F)nc3N[C@@H]3C[C@H](C(C)O)C[C@H]3O)nc12. The molecule has 4 N–H and O–H groups in total. The van der Waals surface area contributed by atoms with Crippen molar-refractivity contribution in [3.05, 3.63) is 23.9 Å². The van der Waals surface area contributed by atoms with Crippen molar-refractivity contribution in [2.75, 3.05) is 24.3 Å². The molecule has 184 valence electrons. The molecule has 1 unspecified atom stereocenters. The maximum Gasteiger partial charge on any atom is 0.405 e. The molecule has 3 aromatic rings. The Labute approximate surface area is 198 Å². The van der Waals surface area contributed by atoms with Crippen molar-refractivity contribution in [3.8, 4) is 16.3 Å². The van der Waals surface area contributed by atoms with Crippen LogP contribution in [0.4, 0.5) is 24.9 Å². The number of methoxy groups -OCH3 is 1. The van der Waals surface area contributed by atoms with E-state index in [0.717, 1.165) is 4.70 Å². The van der Waals surface area contributed by atoms with Gasteiger partial charge < -0.3 is 25.6 Å². The molecule has 0 aliphatic heterocycles. The minimum Gasteiger partial charge on any atom is -0.494 e. The Hall–Kier alpha value is -2.70. The van der Waals surface area contributed by atoms with E-state index in [-0.39, 0.29) is 17.7 Å². The van der Waals surface area contributed by atoms with Gasteiger partial charge in [-0.3, -0.25) is 0 Å². The zero-order valence-corrected chi connectivity index (χ0v) is 19.7. The minimum absolute atomic E-state index is 0.103. The summed E-state index contributed by atoms with van der Waals surface area (Å²) in [6, 6.07) is 5.10. The number of hydrogen-bond donors (Lipinski definition) is 4. The van der Waals surface area contributed by atoms with Crippen LogP contribution in [0.1, 0.15) is 25.5 Å². The molecule has 8 nitrogen and oxygen atoms in total. The topological polar surface area (TPSA) is 112 Å². The Morgan fingerprint density at radius 1 is 1.24 bits per heavy atom. The number of rotatable bonds is 7. The van der Waals surface area contributed by atoms with Crippen molar-refractivity contribution in [2.45, 2.75) is 51.1 Å². The summed E-state index contributed by atoms with van der Waals surface area (Å²) in [6.45, 7) is 2.07. The minimum atomic E-state index is -4.43. The van der Waals surface area contributed by atoms with Crippen LogP contribution in [0.25, 0.3) is 20.8 Å². The average Bonchev–Trinajstić information content (AvgIpc) is 3.35. The second kappa shape index (κ2) is 9.51. The molecule has 0 bridgehead atoms. The molecule has 0 amide bonds. The second-order valence-electron chi connectivity index (χ2n) is 8.44. The Balaban J connectivity index is 1.76. The largest absolute Gasteiger partial charge is 0.494 e. The summed E-state index contributed by atoms with van der Waals surface area (Å²) in [4.78, 5) is 13.3. The third-order valence-electron chi connectivity index (χ3n) is 5.92. The van der Waals surface area contributed by atoms with Crippen LogP contribution in [0.15, 0.2) is 18.2 Å². The number of fused-ring (bicyclic) bond motifs is 1. The van der Waals surface area contributed by atoms with Gasteiger partial charge in [-0.05, 0) is 44.7 Å². The van der Waals surface area contributed by atoms with Crippen molar-refractivity contribution in [1.29, 1.82) is 0 Å². The molecule has 0 radical (unpaired) electrons. The van der Waals surface area contributed by atoms with Gasteiger partial charge >= 0.3 is 6.18 Å². The van der Waals surface area contributed by atoms with E-state index in [1.165, 1.54) is 11.3 Å². The van der Waals surface area contributed by atoms with E-state index in [1.54, 1.807) is 27.0 Å². The van der Waals surface area contributed by atoms with Gasteiger partial charge in [-0.25, -0.2) is 9.97 Å². The number of aryl methyl sites for hydroxylation is 1. The van der Waals surface area contributed by atoms with E-state index < -0.39 is 31.0 Å². The summed E-state index contributed by atoms with van der Waals surface area (Å²) in [7, 11) is 1.55.